The van der Waals surface area contributed by atoms with Gasteiger partial charge >= 0.3 is 6.18 Å². The lowest BCUT2D eigenvalue weighted by atomic mass is 10.4. The van der Waals surface area contributed by atoms with Crippen molar-refractivity contribution in [1.82, 2.24) is 9.97 Å². The fourth-order valence-corrected chi connectivity index (χ4v) is 1.19. The van der Waals surface area contributed by atoms with Gasteiger partial charge in [-0.1, -0.05) is 0 Å². The average Bonchev–Trinajstić information content (AvgIpc) is 2.26. The summed E-state index contributed by atoms with van der Waals surface area (Å²) in [4.78, 5) is 7.38. The van der Waals surface area contributed by atoms with Gasteiger partial charge in [-0.25, -0.2) is 18.7 Å². The van der Waals surface area contributed by atoms with E-state index in [4.69, 9.17) is 0 Å². The van der Waals surface area contributed by atoms with Crippen LogP contribution in [0.1, 0.15) is 5.82 Å². The molecule has 4 nitrogen and oxygen atoms in total. The molecule has 0 aromatic carbocycles. The maximum atomic E-state index is 12.5. The SMILES string of the molecule is CNc1cc(N(C)CC(F)F)nc(C(F)(F)F)n1. The van der Waals surface area contributed by atoms with Crippen LogP contribution in [0.15, 0.2) is 6.07 Å². The highest BCUT2D eigenvalue weighted by atomic mass is 19.4. The number of hydrogen-bond acceptors (Lipinski definition) is 4. The Morgan fingerprint density at radius 2 is 1.94 bits per heavy atom. The first-order valence-electron chi connectivity index (χ1n) is 4.87. The molecule has 1 N–H and O–H groups in total. The second-order valence-electron chi connectivity index (χ2n) is 3.45. The van der Waals surface area contributed by atoms with E-state index in [2.05, 4.69) is 15.3 Å². The molecule has 0 saturated heterocycles. The van der Waals surface area contributed by atoms with Gasteiger partial charge < -0.3 is 10.2 Å². The third-order valence-corrected chi connectivity index (χ3v) is 2.03. The second-order valence-corrected chi connectivity index (χ2v) is 3.45. The highest BCUT2D eigenvalue weighted by Crippen LogP contribution is 2.29. The van der Waals surface area contributed by atoms with Gasteiger partial charge in [0.1, 0.15) is 11.6 Å². The van der Waals surface area contributed by atoms with Crippen LogP contribution in [0.2, 0.25) is 0 Å². The maximum absolute atomic E-state index is 12.5. The van der Waals surface area contributed by atoms with Crippen LogP contribution in [-0.2, 0) is 6.18 Å². The van der Waals surface area contributed by atoms with E-state index in [0.29, 0.717) is 0 Å². The minimum atomic E-state index is -4.73. The van der Waals surface area contributed by atoms with Gasteiger partial charge in [0, 0.05) is 20.2 Å². The van der Waals surface area contributed by atoms with E-state index in [1.54, 1.807) is 0 Å². The fraction of sp³-hybridized carbons (Fsp3) is 0.556. The van der Waals surface area contributed by atoms with Crippen molar-refractivity contribution in [2.75, 3.05) is 30.9 Å². The Balaban J connectivity index is 3.12. The molecule has 0 amide bonds. The molecule has 0 radical (unpaired) electrons. The highest BCUT2D eigenvalue weighted by molar-refractivity contribution is 5.49. The first-order chi connectivity index (χ1) is 8.24. The Morgan fingerprint density at radius 3 is 2.39 bits per heavy atom. The minimum Gasteiger partial charge on any atom is -0.373 e. The molecule has 0 aliphatic heterocycles. The standard InChI is InChI=1S/C9H11F5N4/c1-15-6-3-7(18(2)4-5(10)11)17-8(16-6)9(12,13)14/h3,5H,4H2,1-2H3,(H,15,16,17). The predicted octanol–water partition coefficient (Wildman–Crippen LogP) is 2.24. The van der Waals surface area contributed by atoms with Crippen LogP contribution >= 0.6 is 0 Å². The van der Waals surface area contributed by atoms with E-state index in [-0.39, 0.29) is 11.6 Å². The zero-order valence-corrected chi connectivity index (χ0v) is 9.59. The third kappa shape index (κ3) is 3.67. The number of anilines is 2. The van der Waals surface area contributed by atoms with E-state index in [9.17, 15) is 22.0 Å². The minimum absolute atomic E-state index is 0.0894. The van der Waals surface area contributed by atoms with Crippen molar-refractivity contribution in [2.45, 2.75) is 12.6 Å². The van der Waals surface area contributed by atoms with Crippen LogP contribution in [0.25, 0.3) is 0 Å². The molecule has 0 aliphatic rings. The van der Waals surface area contributed by atoms with Crippen molar-refractivity contribution in [2.24, 2.45) is 0 Å². The van der Waals surface area contributed by atoms with Crippen LogP contribution in [-0.4, -0.2) is 37.0 Å². The lowest BCUT2D eigenvalue weighted by Crippen LogP contribution is -2.26. The molecule has 18 heavy (non-hydrogen) atoms. The van der Waals surface area contributed by atoms with Gasteiger partial charge in [-0.3, -0.25) is 0 Å². The summed E-state index contributed by atoms with van der Waals surface area (Å²) < 4.78 is 61.8. The topological polar surface area (TPSA) is 41.0 Å². The lowest BCUT2D eigenvalue weighted by molar-refractivity contribution is -0.144. The molecule has 0 fully saturated rings. The van der Waals surface area contributed by atoms with Crippen molar-refractivity contribution in [1.29, 1.82) is 0 Å². The van der Waals surface area contributed by atoms with Gasteiger partial charge in [0.15, 0.2) is 0 Å². The molecular formula is C9H11F5N4. The number of nitrogens with zero attached hydrogens (tertiary/aromatic N) is 3. The smallest absolute Gasteiger partial charge is 0.373 e. The summed E-state index contributed by atoms with van der Waals surface area (Å²) in [6.45, 7) is -0.711. The molecule has 1 rings (SSSR count). The summed E-state index contributed by atoms with van der Waals surface area (Å²) in [5.74, 6) is -1.68. The molecular weight excluding hydrogens is 259 g/mol. The van der Waals surface area contributed by atoms with E-state index in [1.807, 2.05) is 0 Å². The molecule has 102 valence electrons. The molecule has 0 saturated carbocycles. The number of alkyl halides is 5. The summed E-state index contributed by atoms with van der Waals surface area (Å²) >= 11 is 0. The van der Waals surface area contributed by atoms with Crippen LogP contribution in [0.3, 0.4) is 0 Å². The number of hydrogen-bond donors (Lipinski definition) is 1. The molecule has 1 heterocycles. The van der Waals surface area contributed by atoms with E-state index in [1.165, 1.54) is 14.1 Å². The Hall–Kier alpha value is -1.67. The normalized spacial score (nSPS) is 11.8. The van der Waals surface area contributed by atoms with Gasteiger partial charge in [0.05, 0.1) is 6.54 Å². The zero-order valence-electron chi connectivity index (χ0n) is 9.59. The molecule has 1 aromatic rings. The van der Waals surface area contributed by atoms with Crippen molar-refractivity contribution < 1.29 is 22.0 Å². The highest BCUT2D eigenvalue weighted by Gasteiger charge is 2.35. The first-order valence-corrected chi connectivity index (χ1v) is 4.87. The first kappa shape index (κ1) is 14.4. The van der Waals surface area contributed by atoms with Gasteiger partial charge in [0.2, 0.25) is 5.82 Å². The van der Waals surface area contributed by atoms with Gasteiger partial charge in [0.25, 0.3) is 6.43 Å². The Labute approximate surface area is 99.8 Å². The number of aromatic nitrogens is 2. The molecule has 0 aliphatic carbocycles. The van der Waals surface area contributed by atoms with Crippen LogP contribution in [0.5, 0.6) is 0 Å². The van der Waals surface area contributed by atoms with Crippen molar-refractivity contribution in [3.63, 3.8) is 0 Å². The maximum Gasteiger partial charge on any atom is 0.451 e. The molecule has 0 bridgehead atoms. The van der Waals surface area contributed by atoms with Crippen molar-refractivity contribution in [3.05, 3.63) is 11.9 Å². The molecule has 9 heteroatoms. The van der Waals surface area contributed by atoms with Crippen LogP contribution in [0.4, 0.5) is 33.6 Å². The lowest BCUT2D eigenvalue weighted by Gasteiger charge is -2.19. The summed E-state index contributed by atoms with van der Waals surface area (Å²) in [7, 11) is 2.60. The Bertz CT molecular complexity index is 406. The number of rotatable bonds is 4. The van der Waals surface area contributed by atoms with Crippen molar-refractivity contribution in [3.8, 4) is 0 Å². The van der Waals surface area contributed by atoms with Crippen molar-refractivity contribution >= 4 is 11.6 Å². The monoisotopic (exact) mass is 270 g/mol. The second kappa shape index (κ2) is 5.32. The number of halogens is 5. The van der Waals surface area contributed by atoms with E-state index in [0.717, 1.165) is 11.0 Å². The van der Waals surface area contributed by atoms with Crippen LogP contribution < -0.4 is 10.2 Å². The summed E-state index contributed by atoms with van der Waals surface area (Å²) in [6, 6.07) is 1.16. The molecule has 0 atom stereocenters. The molecule has 0 unspecified atom stereocenters. The zero-order chi connectivity index (χ0) is 13.9. The Kier molecular flexibility index (Phi) is 4.25. The average molecular weight is 270 g/mol. The number of nitrogens with one attached hydrogen (secondary N) is 1. The van der Waals surface area contributed by atoms with Gasteiger partial charge in [-0.15, -0.1) is 0 Å². The van der Waals surface area contributed by atoms with Gasteiger partial charge in [-0.2, -0.15) is 13.2 Å². The van der Waals surface area contributed by atoms with E-state index >= 15 is 0 Å². The summed E-state index contributed by atoms with van der Waals surface area (Å²) in [6.07, 6.45) is -7.40. The largest absolute Gasteiger partial charge is 0.451 e. The molecule has 1 aromatic heterocycles. The fourth-order valence-electron chi connectivity index (χ4n) is 1.19. The summed E-state index contributed by atoms with van der Waals surface area (Å²) in [5, 5.41) is 2.42. The quantitative estimate of drug-likeness (QED) is 0.852. The predicted molar refractivity (Wildman–Crippen MR) is 55.9 cm³/mol. The third-order valence-electron chi connectivity index (χ3n) is 2.03. The van der Waals surface area contributed by atoms with Gasteiger partial charge in [-0.05, 0) is 0 Å². The van der Waals surface area contributed by atoms with Crippen LogP contribution in [0, 0.1) is 0 Å². The van der Waals surface area contributed by atoms with E-state index < -0.39 is 25.0 Å². The summed E-state index contributed by atoms with van der Waals surface area (Å²) in [5.41, 5.74) is 0. The molecule has 0 spiro atoms. The Morgan fingerprint density at radius 1 is 1.33 bits per heavy atom.